The molecule has 2 heterocycles. The van der Waals surface area contributed by atoms with E-state index in [1.54, 1.807) is 6.92 Å². The first-order valence-electron chi connectivity index (χ1n) is 6.25. The third-order valence-corrected chi connectivity index (χ3v) is 3.26. The molecular formula is C11H15N5O4. The lowest BCUT2D eigenvalue weighted by molar-refractivity contribution is -0.0151. The van der Waals surface area contributed by atoms with Crippen molar-refractivity contribution in [3.63, 3.8) is 0 Å². The standard InChI is InChI=1S/C11H15N5O4/c1-2-6-5-16(11(19)14-10(6)18)9-3-7(17)8(20-9)4-13-15-12/h5,7-9,17H,2-4H2,1H3,(H,14,18,19)/t7-,8?,9?/m0/s1. The van der Waals surface area contributed by atoms with Crippen LogP contribution in [0.4, 0.5) is 0 Å². The van der Waals surface area contributed by atoms with Gasteiger partial charge in [0.15, 0.2) is 0 Å². The lowest BCUT2D eigenvalue weighted by Gasteiger charge is -2.15. The topological polar surface area (TPSA) is 133 Å². The second kappa shape index (κ2) is 5.91. The average Bonchev–Trinajstić information content (AvgIpc) is 2.77. The van der Waals surface area contributed by atoms with Crippen molar-refractivity contribution in [2.24, 2.45) is 5.11 Å². The van der Waals surface area contributed by atoms with Crippen LogP contribution in [0.2, 0.25) is 0 Å². The fourth-order valence-corrected chi connectivity index (χ4v) is 2.16. The predicted molar refractivity (Wildman–Crippen MR) is 69.2 cm³/mol. The number of azide groups is 1. The van der Waals surface area contributed by atoms with Gasteiger partial charge in [0, 0.05) is 23.1 Å². The minimum absolute atomic E-state index is 0.00704. The Morgan fingerprint density at radius 1 is 1.65 bits per heavy atom. The normalized spacial score (nSPS) is 25.4. The van der Waals surface area contributed by atoms with Crippen LogP contribution in [-0.2, 0) is 11.2 Å². The molecule has 0 aromatic carbocycles. The maximum Gasteiger partial charge on any atom is 0.330 e. The van der Waals surface area contributed by atoms with Gasteiger partial charge < -0.3 is 9.84 Å². The number of aliphatic hydroxyl groups is 1. The Hall–Kier alpha value is -2.09. The zero-order valence-corrected chi connectivity index (χ0v) is 10.9. The molecule has 20 heavy (non-hydrogen) atoms. The fraction of sp³-hybridized carbons (Fsp3) is 0.636. The highest BCUT2D eigenvalue weighted by molar-refractivity contribution is 5.04. The van der Waals surface area contributed by atoms with Crippen LogP contribution in [0.25, 0.3) is 10.4 Å². The van der Waals surface area contributed by atoms with Crippen molar-refractivity contribution in [3.8, 4) is 0 Å². The van der Waals surface area contributed by atoms with Crippen LogP contribution in [0, 0.1) is 0 Å². The molecule has 0 spiro atoms. The number of H-pyrrole nitrogens is 1. The lowest BCUT2D eigenvalue weighted by atomic mass is 10.2. The molecule has 3 atom stereocenters. The molecule has 0 aliphatic carbocycles. The number of rotatable bonds is 4. The van der Waals surface area contributed by atoms with E-state index >= 15 is 0 Å². The summed E-state index contributed by atoms with van der Waals surface area (Å²) in [6.07, 6.45) is -0.0461. The smallest absolute Gasteiger partial charge is 0.330 e. The van der Waals surface area contributed by atoms with Crippen molar-refractivity contribution >= 4 is 0 Å². The molecule has 1 aliphatic rings. The van der Waals surface area contributed by atoms with E-state index in [-0.39, 0.29) is 13.0 Å². The molecule has 1 saturated heterocycles. The Morgan fingerprint density at radius 3 is 3.05 bits per heavy atom. The second-order valence-corrected chi connectivity index (χ2v) is 4.52. The van der Waals surface area contributed by atoms with Crippen LogP contribution >= 0.6 is 0 Å². The number of aromatic amines is 1. The SMILES string of the molecule is CCc1cn(C2C[C@H](O)C(CN=[N+]=[N-])O2)c(=O)[nH]c1=O. The van der Waals surface area contributed by atoms with Gasteiger partial charge >= 0.3 is 5.69 Å². The van der Waals surface area contributed by atoms with Crippen LogP contribution in [-0.4, -0.2) is 33.4 Å². The summed E-state index contributed by atoms with van der Waals surface area (Å²) in [6.45, 7) is 1.79. The summed E-state index contributed by atoms with van der Waals surface area (Å²) in [5, 5.41) is 13.2. The molecule has 2 rings (SSSR count). The van der Waals surface area contributed by atoms with E-state index in [4.69, 9.17) is 10.3 Å². The Labute approximate surface area is 113 Å². The first-order chi connectivity index (χ1) is 9.56. The van der Waals surface area contributed by atoms with Gasteiger partial charge in [0.2, 0.25) is 0 Å². The highest BCUT2D eigenvalue weighted by atomic mass is 16.5. The van der Waals surface area contributed by atoms with E-state index in [9.17, 15) is 14.7 Å². The average molecular weight is 281 g/mol. The van der Waals surface area contributed by atoms with Crippen molar-refractivity contribution in [2.45, 2.75) is 38.2 Å². The summed E-state index contributed by atoms with van der Waals surface area (Å²) in [4.78, 5) is 28.1. The Morgan fingerprint density at radius 2 is 2.40 bits per heavy atom. The van der Waals surface area contributed by atoms with E-state index in [1.807, 2.05) is 0 Å². The quantitative estimate of drug-likeness (QED) is 0.458. The van der Waals surface area contributed by atoms with Gasteiger partial charge in [-0.15, -0.1) is 0 Å². The van der Waals surface area contributed by atoms with Gasteiger partial charge in [0.05, 0.1) is 18.8 Å². The van der Waals surface area contributed by atoms with E-state index in [0.717, 1.165) is 0 Å². The summed E-state index contributed by atoms with van der Waals surface area (Å²) in [5.74, 6) is 0. The van der Waals surface area contributed by atoms with Crippen LogP contribution in [0.3, 0.4) is 0 Å². The van der Waals surface area contributed by atoms with E-state index in [1.165, 1.54) is 10.8 Å². The highest BCUT2D eigenvalue weighted by Gasteiger charge is 2.35. The number of aliphatic hydroxyl groups excluding tert-OH is 1. The molecular weight excluding hydrogens is 266 g/mol. The van der Waals surface area contributed by atoms with Crippen molar-refractivity contribution in [1.29, 1.82) is 0 Å². The Balaban J connectivity index is 2.27. The number of hydrogen-bond donors (Lipinski definition) is 2. The molecule has 9 heteroatoms. The molecule has 1 aliphatic heterocycles. The fourth-order valence-electron chi connectivity index (χ4n) is 2.16. The number of nitrogens with one attached hydrogen (secondary N) is 1. The van der Waals surface area contributed by atoms with Crippen LogP contribution in [0.1, 0.15) is 25.1 Å². The van der Waals surface area contributed by atoms with Crippen LogP contribution in [0.15, 0.2) is 20.9 Å². The van der Waals surface area contributed by atoms with Crippen molar-refractivity contribution in [1.82, 2.24) is 9.55 Å². The van der Waals surface area contributed by atoms with Gasteiger partial charge in [-0.3, -0.25) is 14.3 Å². The Kier molecular flexibility index (Phi) is 4.23. The third-order valence-electron chi connectivity index (χ3n) is 3.26. The largest absolute Gasteiger partial charge is 0.390 e. The first-order valence-corrected chi connectivity index (χ1v) is 6.25. The molecule has 2 unspecified atom stereocenters. The maximum absolute atomic E-state index is 11.8. The third kappa shape index (κ3) is 2.74. The lowest BCUT2D eigenvalue weighted by Crippen LogP contribution is -2.34. The number of aromatic nitrogens is 2. The minimum Gasteiger partial charge on any atom is -0.390 e. The van der Waals surface area contributed by atoms with Crippen molar-refractivity contribution < 1.29 is 9.84 Å². The number of nitrogens with zero attached hydrogens (tertiary/aromatic N) is 4. The molecule has 0 radical (unpaired) electrons. The van der Waals surface area contributed by atoms with Crippen molar-refractivity contribution in [2.75, 3.05) is 6.54 Å². The predicted octanol–water partition coefficient (Wildman–Crippen LogP) is 0.0577. The van der Waals surface area contributed by atoms with Gasteiger partial charge in [0.25, 0.3) is 5.56 Å². The monoisotopic (exact) mass is 281 g/mol. The number of ether oxygens (including phenoxy) is 1. The summed E-state index contributed by atoms with van der Waals surface area (Å²) in [5.41, 5.74) is 7.72. The number of hydrogen-bond acceptors (Lipinski definition) is 5. The summed E-state index contributed by atoms with van der Waals surface area (Å²) < 4.78 is 6.76. The molecule has 2 N–H and O–H groups in total. The summed E-state index contributed by atoms with van der Waals surface area (Å²) in [6, 6.07) is 0. The summed E-state index contributed by atoms with van der Waals surface area (Å²) >= 11 is 0. The van der Waals surface area contributed by atoms with Crippen LogP contribution in [0.5, 0.6) is 0 Å². The van der Waals surface area contributed by atoms with Gasteiger partial charge in [-0.1, -0.05) is 12.0 Å². The van der Waals surface area contributed by atoms with Gasteiger partial charge in [0.1, 0.15) is 6.23 Å². The van der Waals surface area contributed by atoms with Gasteiger partial charge in [-0.2, -0.15) is 0 Å². The molecule has 1 aromatic rings. The molecule has 108 valence electrons. The molecule has 1 fully saturated rings. The molecule has 1 aromatic heterocycles. The number of aryl methyl sites for hydroxylation is 1. The first kappa shape index (κ1) is 14.3. The minimum atomic E-state index is -0.825. The molecule has 0 amide bonds. The van der Waals surface area contributed by atoms with E-state index in [2.05, 4.69) is 15.0 Å². The molecule has 0 saturated carbocycles. The van der Waals surface area contributed by atoms with E-state index < -0.39 is 29.7 Å². The zero-order valence-electron chi connectivity index (χ0n) is 10.9. The zero-order chi connectivity index (χ0) is 14.7. The maximum atomic E-state index is 11.8. The van der Waals surface area contributed by atoms with Gasteiger partial charge in [-0.25, -0.2) is 4.79 Å². The second-order valence-electron chi connectivity index (χ2n) is 4.52. The summed E-state index contributed by atoms with van der Waals surface area (Å²) in [7, 11) is 0. The van der Waals surface area contributed by atoms with Gasteiger partial charge in [-0.05, 0) is 12.0 Å². The molecule has 0 bridgehead atoms. The van der Waals surface area contributed by atoms with Crippen molar-refractivity contribution in [3.05, 3.63) is 43.0 Å². The highest BCUT2D eigenvalue weighted by Crippen LogP contribution is 2.27. The van der Waals surface area contributed by atoms with Crippen LogP contribution < -0.4 is 11.2 Å². The molecule has 9 nitrogen and oxygen atoms in total. The Bertz CT molecular complexity index is 645. The van der Waals surface area contributed by atoms with E-state index in [0.29, 0.717) is 12.0 Å².